The Kier molecular flexibility index (Phi) is 11.1. The highest BCUT2D eigenvalue weighted by atomic mass is 16.6. The summed E-state index contributed by atoms with van der Waals surface area (Å²) in [6, 6.07) is 10.2. The van der Waals surface area contributed by atoms with E-state index in [-0.39, 0.29) is 12.8 Å². The molecule has 1 heterocycles. The minimum Gasteiger partial charge on any atom is -0.444 e. The van der Waals surface area contributed by atoms with Crippen LogP contribution in [0.5, 0.6) is 0 Å². The van der Waals surface area contributed by atoms with Gasteiger partial charge < -0.3 is 14.8 Å². The van der Waals surface area contributed by atoms with Gasteiger partial charge in [0.15, 0.2) is 0 Å². The Morgan fingerprint density at radius 2 is 1.64 bits per heavy atom. The Morgan fingerprint density at radius 3 is 2.07 bits per heavy atom. The highest BCUT2D eigenvalue weighted by molar-refractivity contribution is 5.73. The van der Waals surface area contributed by atoms with Gasteiger partial charge in [-0.25, -0.2) is 4.79 Å². The van der Waals surface area contributed by atoms with E-state index in [0.29, 0.717) is 0 Å². The maximum Gasteiger partial charge on any atom is 0.408 e. The molecule has 0 saturated carbocycles. The van der Waals surface area contributed by atoms with Crippen LogP contribution in [0.15, 0.2) is 30.3 Å². The largest absolute Gasteiger partial charge is 0.444 e. The average Bonchev–Trinajstić information content (AvgIpc) is 3.04. The summed E-state index contributed by atoms with van der Waals surface area (Å²) in [5.41, 5.74) is 0.591. The zero-order chi connectivity index (χ0) is 20.5. The van der Waals surface area contributed by atoms with Crippen molar-refractivity contribution >= 4 is 12.4 Å². The molecule has 0 spiro atoms. The normalized spacial score (nSPS) is 15.5. The summed E-state index contributed by atoms with van der Waals surface area (Å²) in [6.45, 7) is 14.7. The predicted octanol–water partition coefficient (Wildman–Crippen LogP) is 5.04. The van der Waals surface area contributed by atoms with Crippen molar-refractivity contribution in [3.05, 3.63) is 35.9 Å². The van der Waals surface area contributed by atoms with Crippen LogP contribution >= 0.6 is 0 Å². The minimum atomic E-state index is -0.561. The van der Waals surface area contributed by atoms with Crippen molar-refractivity contribution in [3.63, 3.8) is 0 Å². The standard InChI is InChI=1S/C11H21NO3.C11H15N.CH4/c1-10(2,3)8(7-13)12-9(14)15-11(4,5)6;1-2-6-11(7-3-1)10-12-8-4-5-9-12;/h7-8H,1-6H3,(H,12,14);1-3,6-7H,4-5,8-10H2;1H4. The molecular formula is C23H40N2O3. The maximum atomic E-state index is 11.4. The van der Waals surface area contributed by atoms with Crippen LogP contribution in [0.3, 0.4) is 0 Å². The van der Waals surface area contributed by atoms with Crippen LogP contribution in [0, 0.1) is 5.41 Å². The Bertz CT molecular complexity index is 568. The number of benzene rings is 1. The first-order chi connectivity index (χ1) is 12.5. The zero-order valence-electron chi connectivity index (χ0n) is 17.7. The van der Waals surface area contributed by atoms with E-state index in [2.05, 4.69) is 40.5 Å². The number of nitrogens with zero attached hydrogens (tertiary/aromatic N) is 1. The fourth-order valence-corrected chi connectivity index (χ4v) is 2.67. The van der Waals surface area contributed by atoms with Crippen molar-refractivity contribution in [2.24, 2.45) is 5.41 Å². The summed E-state index contributed by atoms with van der Waals surface area (Å²) < 4.78 is 5.06. The van der Waals surface area contributed by atoms with Crippen LogP contribution in [0.1, 0.15) is 67.4 Å². The van der Waals surface area contributed by atoms with Crippen LogP contribution in [-0.2, 0) is 16.1 Å². The number of carbonyl (C=O) groups is 2. The Labute approximate surface area is 171 Å². The number of hydrogen-bond acceptors (Lipinski definition) is 4. The second-order valence-corrected chi connectivity index (χ2v) is 9.09. The Morgan fingerprint density at radius 1 is 1.11 bits per heavy atom. The van der Waals surface area contributed by atoms with Gasteiger partial charge in [0.25, 0.3) is 0 Å². The molecule has 1 unspecified atom stereocenters. The van der Waals surface area contributed by atoms with Gasteiger partial charge in [0, 0.05) is 6.54 Å². The molecule has 5 nitrogen and oxygen atoms in total. The van der Waals surface area contributed by atoms with E-state index >= 15 is 0 Å². The number of amides is 1. The molecule has 1 aliphatic rings. The molecule has 1 aromatic carbocycles. The van der Waals surface area contributed by atoms with E-state index in [1.807, 2.05) is 20.8 Å². The molecule has 5 heteroatoms. The van der Waals surface area contributed by atoms with Gasteiger partial charge in [-0.2, -0.15) is 0 Å². The molecule has 1 saturated heterocycles. The molecular weight excluding hydrogens is 352 g/mol. The lowest BCUT2D eigenvalue weighted by atomic mass is 9.88. The highest BCUT2D eigenvalue weighted by Crippen LogP contribution is 2.18. The number of nitrogens with one attached hydrogen (secondary N) is 1. The number of ether oxygens (including phenoxy) is 1. The van der Waals surface area contributed by atoms with Crippen LogP contribution in [0.25, 0.3) is 0 Å². The van der Waals surface area contributed by atoms with Gasteiger partial charge in [0.2, 0.25) is 0 Å². The third-order valence-electron chi connectivity index (χ3n) is 4.19. The SMILES string of the molecule is C.CC(C)(C)OC(=O)NC(C=O)C(C)(C)C.c1ccc(CN2CCCC2)cc1. The number of aldehydes is 1. The van der Waals surface area contributed by atoms with E-state index in [9.17, 15) is 9.59 Å². The van der Waals surface area contributed by atoms with Crippen molar-refractivity contribution in [1.29, 1.82) is 0 Å². The number of hydrogen-bond donors (Lipinski definition) is 1. The summed E-state index contributed by atoms with van der Waals surface area (Å²) in [4.78, 5) is 24.7. The second-order valence-electron chi connectivity index (χ2n) is 9.09. The first-order valence-corrected chi connectivity index (χ1v) is 9.72. The number of likely N-dealkylation sites (tertiary alicyclic amines) is 1. The average molecular weight is 393 g/mol. The Hall–Kier alpha value is -1.88. The van der Waals surface area contributed by atoms with Gasteiger partial charge in [-0.3, -0.25) is 4.90 Å². The first-order valence-electron chi connectivity index (χ1n) is 9.72. The molecule has 1 aromatic rings. The van der Waals surface area contributed by atoms with Crippen LogP contribution < -0.4 is 5.32 Å². The Balaban J connectivity index is 0.000000510. The molecule has 1 aliphatic heterocycles. The third kappa shape index (κ3) is 11.1. The van der Waals surface area contributed by atoms with Gasteiger partial charge >= 0.3 is 6.09 Å². The van der Waals surface area contributed by atoms with E-state index in [0.717, 1.165) is 12.8 Å². The molecule has 1 amide bonds. The molecule has 0 radical (unpaired) electrons. The van der Waals surface area contributed by atoms with Gasteiger partial charge in [-0.15, -0.1) is 0 Å². The zero-order valence-corrected chi connectivity index (χ0v) is 17.7. The highest BCUT2D eigenvalue weighted by Gasteiger charge is 2.27. The smallest absolute Gasteiger partial charge is 0.408 e. The summed E-state index contributed by atoms with van der Waals surface area (Å²) in [6.07, 6.45) is 2.93. The van der Waals surface area contributed by atoms with Gasteiger partial charge in [0.1, 0.15) is 11.9 Å². The van der Waals surface area contributed by atoms with Crippen molar-refractivity contribution in [1.82, 2.24) is 10.2 Å². The topological polar surface area (TPSA) is 58.6 Å². The van der Waals surface area contributed by atoms with E-state index < -0.39 is 17.7 Å². The molecule has 1 N–H and O–H groups in total. The van der Waals surface area contributed by atoms with E-state index in [1.165, 1.54) is 31.5 Å². The van der Waals surface area contributed by atoms with Crippen molar-refractivity contribution < 1.29 is 14.3 Å². The maximum absolute atomic E-state index is 11.4. The summed E-state index contributed by atoms with van der Waals surface area (Å²) in [7, 11) is 0. The van der Waals surface area contributed by atoms with E-state index in [1.54, 1.807) is 20.8 Å². The van der Waals surface area contributed by atoms with Crippen LogP contribution in [-0.4, -0.2) is 42.0 Å². The lowest BCUT2D eigenvalue weighted by molar-refractivity contribution is -0.111. The quantitative estimate of drug-likeness (QED) is 0.729. The molecule has 160 valence electrons. The monoisotopic (exact) mass is 392 g/mol. The fraction of sp³-hybridized carbons (Fsp3) is 0.652. The predicted molar refractivity (Wildman–Crippen MR) is 116 cm³/mol. The van der Waals surface area contributed by atoms with Crippen molar-refractivity contribution in [3.8, 4) is 0 Å². The van der Waals surface area contributed by atoms with Gasteiger partial charge in [-0.1, -0.05) is 58.5 Å². The minimum absolute atomic E-state index is 0. The lowest BCUT2D eigenvalue weighted by Crippen LogP contribution is -2.46. The van der Waals surface area contributed by atoms with Gasteiger partial charge in [0.05, 0.1) is 6.04 Å². The lowest BCUT2D eigenvalue weighted by Gasteiger charge is -2.28. The number of rotatable bonds is 4. The summed E-state index contributed by atoms with van der Waals surface area (Å²) in [5, 5.41) is 2.53. The summed E-state index contributed by atoms with van der Waals surface area (Å²) >= 11 is 0. The van der Waals surface area contributed by atoms with Crippen molar-refractivity contribution in [2.45, 2.75) is 80.0 Å². The van der Waals surface area contributed by atoms with Crippen LogP contribution in [0.2, 0.25) is 0 Å². The van der Waals surface area contributed by atoms with Gasteiger partial charge in [-0.05, 0) is 57.7 Å². The number of carbonyl (C=O) groups excluding carboxylic acids is 2. The second kappa shape index (κ2) is 11.8. The molecule has 2 rings (SSSR count). The molecule has 28 heavy (non-hydrogen) atoms. The molecule has 1 fully saturated rings. The molecule has 1 atom stereocenters. The third-order valence-corrected chi connectivity index (χ3v) is 4.19. The summed E-state index contributed by atoms with van der Waals surface area (Å²) in [5.74, 6) is 0. The molecule has 0 bridgehead atoms. The molecule has 0 aliphatic carbocycles. The van der Waals surface area contributed by atoms with E-state index in [4.69, 9.17) is 4.74 Å². The fourth-order valence-electron chi connectivity index (χ4n) is 2.67. The first kappa shape index (κ1) is 26.1. The molecule has 0 aromatic heterocycles. The number of alkyl carbamates (subject to hydrolysis) is 1. The van der Waals surface area contributed by atoms with Crippen molar-refractivity contribution in [2.75, 3.05) is 13.1 Å². The van der Waals surface area contributed by atoms with Crippen LogP contribution in [0.4, 0.5) is 4.79 Å².